The minimum atomic E-state index is -4.48. The topological polar surface area (TPSA) is 56.1 Å². The summed E-state index contributed by atoms with van der Waals surface area (Å²) in [4.78, 5) is 2.06. The molecule has 4 rings (SSSR count). The van der Waals surface area contributed by atoms with Crippen LogP contribution in [0.1, 0.15) is 23.0 Å². The highest BCUT2D eigenvalue weighted by atomic mass is 19.4. The fourth-order valence-electron chi connectivity index (χ4n) is 3.37. The fourth-order valence-corrected chi connectivity index (χ4v) is 3.37. The van der Waals surface area contributed by atoms with Gasteiger partial charge >= 0.3 is 6.18 Å². The fraction of sp³-hybridized carbons (Fsp3) is 0.316. The third kappa shape index (κ3) is 4.13. The van der Waals surface area contributed by atoms with Crippen molar-refractivity contribution in [2.24, 2.45) is 0 Å². The van der Waals surface area contributed by atoms with Crippen molar-refractivity contribution in [1.29, 1.82) is 0 Å². The van der Waals surface area contributed by atoms with E-state index in [2.05, 4.69) is 20.4 Å². The maximum Gasteiger partial charge on any atom is 0.416 e. The minimum Gasteiger partial charge on any atom is -0.379 e. The molecule has 1 aromatic heterocycles. The van der Waals surface area contributed by atoms with Crippen LogP contribution in [0.2, 0.25) is 0 Å². The van der Waals surface area contributed by atoms with E-state index in [1.807, 2.05) is 0 Å². The van der Waals surface area contributed by atoms with E-state index in [9.17, 15) is 17.6 Å². The third-order valence-corrected chi connectivity index (χ3v) is 4.75. The average molecular weight is 407 g/mol. The SMILES string of the molecule is Fc1ccc(C(c2nnnn2-c2cccc(C(F)(F)F)c2)N2CCOCC2)cc1. The van der Waals surface area contributed by atoms with Gasteiger partial charge in [-0.05, 0) is 46.3 Å². The van der Waals surface area contributed by atoms with E-state index >= 15 is 0 Å². The van der Waals surface area contributed by atoms with Crippen molar-refractivity contribution in [3.8, 4) is 5.69 Å². The summed E-state index contributed by atoms with van der Waals surface area (Å²) in [6.45, 7) is 2.17. The van der Waals surface area contributed by atoms with Crippen molar-refractivity contribution in [3.63, 3.8) is 0 Å². The van der Waals surface area contributed by atoms with Crippen LogP contribution in [0, 0.1) is 5.82 Å². The molecule has 0 amide bonds. The van der Waals surface area contributed by atoms with Crippen molar-refractivity contribution < 1.29 is 22.3 Å². The van der Waals surface area contributed by atoms with E-state index in [1.54, 1.807) is 12.1 Å². The minimum absolute atomic E-state index is 0.195. The summed E-state index contributed by atoms with van der Waals surface area (Å²) in [6, 6.07) is 10.3. The summed E-state index contributed by atoms with van der Waals surface area (Å²) in [6.07, 6.45) is -4.48. The van der Waals surface area contributed by atoms with Gasteiger partial charge in [0.2, 0.25) is 0 Å². The van der Waals surface area contributed by atoms with E-state index in [1.165, 1.54) is 28.9 Å². The number of tetrazole rings is 1. The number of alkyl halides is 3. The molecule has 0 N–H and O–H groups in total. The number of nitrogens with zero attached hydrogens (tertiary/aromatic N) is 5. The van der Waals surface area contributed by atoms with Crippen LogP contribution in [0.3, 0.4) is 0 Å². The Hall–Kier alpha value is -2.85. The number of morpholine rings is 1. The van der Waals surface area contributed by atoms with E-state index in [0.717, 1.165) is 17.7 Å². The van der Waals surface area contributed by atoms with E-state index in [4.69, 9.17) is 4.74 Å². The second-order valence-electron chi connectivity index (χ2n) is 6.60. The summed E-state index contributed by atoms with van der Waals surface area (Å²) < 4.78 is 59.6. The van der Waals surface area contributed by atoms with Gasteiger partial charge in [-0.15, -0.1) is 5.10 Å². The van der Waals surface area contributed by atoms with E-state index in [0.29, 0.717) is 32.1 Å². The van der Waals surface area contributed by atoms with Gasteiger partial charge in [0.1, 0.15) is 5.82 Å². The van der Waals surface area contributed by atoms with E-state index < -0.39 is 17.8 Å². The Kier molecular flexibility index (Phi) is 5.29. The van der Waals surface area contributed by atoms with Crippen LogP contribution in [0.25, 0.3) is 5.69 Å². The van der Waals surface area contributed by atoms with Gasteiger partial charge < -0.3 is 4.74 Å². The Morgan fingerprint density at radius 3 is 2.41 bits per heavy atom. The van der Waals surface area contributed by atoms with Crippen molar-refractivity contribution in [3.05, 3.63) is 71.3 Å². The van der Waals surface area contributed by atoms with Crippen LogP contribution in [-0.2, 0) is 10.9 Å². The molecule has 1 fully saturated rings. The lowest BCUT2D eigenvalue weighted by atomic mass is 10.0. The molecule has 0 bridgehead atoms. The molecule has 29 heavy (non-hydrogen) atoms. The molecule has 1 aliphatic rings. The molecule has 0 spiro atoms. The molecule has 0 radical (unpaired) electrons. The Morgan fingerprint density at radius 1 is 1.00 bits per heavy atom. The highest BCUT2D eigenvalue weighted by molar-refractivity contribution is 5.38. The normalized spacial score (nSPS) is 16.7. The molecule has 6 nitrogen and oxygen atoms in total. The molecule has 2 aromatic carbocycles. The first-order valence-electron chi connectivity index (χ1n) is 8.96. The predicted molar refractivity (Wildman–Crippen MR) is 94.8 cm³/mol. The lowest BCUT2D eigenvalue weighted by molar-refractivity contribution is -0.137. The van der Waals surface area contributed by atoms with Gasteiger partial charge in [-0.3, -0.25) is 4.90 Å². The first-order valence-corrected chi connectivity index (χ1v) is 8.96. The third-order valence-electron chi connectivity index (χ3n) is 4.75. The number of halogens is 4. The zero-order chi connectivity index (χ0) is 20.4. The van der Waals surface area contributed by atoms with Gasteiger partial charge in [0.25, 0.3) is 0 Å². The maximum absolute atomic E-state index is 13.4. The highest BCUT2D eigenvalue weighted by Crippen LogP contribution is 2.32. The van der Waals surface area contributed by atoms with Gasteiger partial charge in [-0.2, -0.15) is 17.9 Å². The summed E-state index contributed by atoms with van der Waals surface area (Å²) in [7, 11) is 0. The monoisotopic (exact) mass is 407 g/mol. The molecule has 10 heteroatoms. The Bertz CT molecular complexity index is 967. The quantitative estimate of drug-likeness (QED) is 0.622. The smallest absolute Gasteiger partial charge is 0.379 e. The van der Waals surface area contributed by atoms with Gasteiger partial charge in [0.15, 0.2) is 5.82 Å². The van der Waals surface area contributed by atoms with Gasteiger partial charge in [-0.1, -0.05) is 18.2 Å². The Balaban J connectivity index is 1.79. The molecule has 0 aliphatic carbocycles. The van der Waals surface area contributed by atoms with Crippen LogP contribution in [0.15, 0.2) is 48.5 Å². The molecule has 1 atom stereocenters. The standard InChI is InChI=1S/C19H17F4N5O/c20-15-6-4-13(5-7-15)17(27-8-10-29-11-9-27)18-24-25-26-28(18)16-3-1-2-14(12-16)19(21,22)23/h1-7,12,17H,8-11H2. The van der Waals surface area contributed by atoms with Crippen LogP contribution in [-0.4, -0.2) is 51.4 Å². The molecular formula is C19H17F4N5O. The van der Waals surface area contributed by atoms with Crippen LogP contribution in [0.5, 0.6) is 0 Å². The predicted octanol–water partition coefficient (Wildman–Crippen LogP) is 3.24. The summed E-state index contributed by atoms with van der Waals surface area (Å²) in [5, 5.41) is 11.7. The lowest BCUT2D eigenvalue weighted by Gasteiger charge is -2.33. The number of benzene rings is 2. The summed E-state index contributed by atoms with van der Waals surface area (Å²) in [5.74, 6) is -0.0372. The molecule has 152 valence electrons. The van der Waals surface area contributed by atoms with Crippen molar-refractivity contribution in [1.82, 2.24) is 25.1 Å². The number of aromatic nitrogens is 4. The summed E-state index contributed by atoms with van der Waals surface area (Å²) in [5.41, 5.74) is 0.137. The van der Waals surface area contributed by atoms with Crippen molar-refractivity contribution in [2.45, 2.75) is 12.2 Å². The lowest BCUT2D eigenvalue weighted by Crippen LogP contribution is -2.40. The molecule has 2 heterocycles. The maximum atomic E-state index is 13.4. The van der Waals surface area contributed by atoms with Gasteiger partial charge in [0, 0.05) is 13.1 Å². The van der Waals surface area contributed by atoms with Gasteiger partial charge in [-0.25, -0.2) is 4.39 Å². The van der Waals surface area contributed by atoms with Crippen LogP contribution >= 0.6 is 0 Å². The molecule has 1 unspecified atom stereocenters. The second-order valence-corrected chi connectivity index (χ2v) is 6.60. The van der Waals surface area contributed by atoms with Gasteiger partial charge in [0.05, 0.1) is 30.5 Å². The Labute approximate surface area is 163 Å². The zero-order valence-electron chi connectivity index (χ0n) is 15.2. The largest absolute Gasteiger partial charge is 0.416 e. The summed E-state index contributed by atoms with van der Waals surface area (Å²) >= 11 is 0. The average Bonchev–Trinajstić information content (AvgIpc) is 3.19. The van der Waals surface area contributed by atoms with Crippen molar-refractivity contribution >= 4 is 0 Å². The molecule has 1 aliphatic heterocycles. The number of hydrogen-bond donors (Lipinski definition) is 0. The number of hydrogen-bond acceptors (Lipinski definition) is 5. The van der Waals surface area contributed by atoms with Crippen LogP contribution in [0.4, 0.5) is 17.6 Å². The van der Waals surface area contributed by atoms with E-state index in [-0.39, 0.29) is 11.5 Å². The number of rotatable bonds is 4. The molecule has 3 aromatic rings. The molecular weight excluding hydrogens is 390 g/mol. The highest BCUT2D eigenvalue weighted by Gasteiger charge is 2.32. The number of ether oxygens (including phenoxy) is 1. The first kappa shape index (κ1) is 19.5. The van der Waals surface area contributed by atoms with Crippen molar-refractivity contribution in [2.75, 3.05) is 26.3 Å². The molecule has 1 saturated heterocycles. The van der Waals surface area contributed by atoms with Crippen LogP contribution < -0.4 is 0 Å². The zero-order valence-corrected chi connectivity index (χ0v) is 15.2. The second kappa shape index (κ2) is 7.88. The first-order chi connectivity index (χ1) is 13.9. The molecule has 0 saturated carbocycles. The Morgan fingerprint density at radius 2 is 1.72 bits per heavy atom.